The van der Waals surface area contributed by atoms with Gasteiger partial charge in [-0.3, -0.25) is 4.98 Å². The van der Waals surface area contributed by atoms with Crippen molar-refractivity contribution in [2.75, 3.05) is 0 Å². The maximum absolute atomic E-state index is 6.16. The zero-order valence-corrected chi connectivity index (χ0v) is 17.8. The van der Waals surface area contributed by atoms with Crippen molar-refractivity contribution < 1.29 is 0 Å². The highest BCUT2D eigenvalue weighted by Crippen LogP contribution is 2.32. The van der Waals surface area contributed by atoms with Gasteiger partial charge in [0.05, 0.1) is 10.0 Å². The minimum atomic E-state index is 0.577. The molecule has 0 radical (unpaired) electrons. The summed E-state index contributed by atoms with van der Waals surface area (Å²) in [6, 6.07) is 11.7. The molecule has 0 spiro atoms. The van der Waals surface area contributed by atoms with Gasteiger partial charge in [-0.05, 0) is 48.6 Å². The van der Waals surface area contributed by atoms with Crippen LogP contribution in [0, 0.1) is 5.92 Å². The number of benzene rings is 1. The summed E-state index contributed by atoms with van der Waals surface area (Å²) in [6.07, 6.45) is 8.34. The van der Waals surface area contributed by atoms with Crippen molar-refractivity contribution in [1.29, 1.82) is 0 Å². The first-order valence-corrected chi connectivity index (χ1v) is 11.4. The molecule has 1 aliphatic rings. The molecule has 0 atom stereocenters. The van der Waals surface area contributed by atoms with Gasteiger partial charge in [0, 0.05) is 18.5 Å². The van der Waals surface area contributed by atoms with Crippen molar-refractivity contribution in [3.63, 3.8) is 0 Å². The molecule has 1 saturated carbocycles. The monoisotopic (exact) mass is 432 g/mol. The fraction of sp³-hybridized carbons (Fsp3) is 0.381. The molecule has 2 aromatic heterocycles. The predicted octanol–water partition coefficient (Wildman–Crippen LogP) is 6.52. The Morgan fingerprint density at radius 1 is 1.00 bits per heavy atom. The highest BCUT2D eigenvalue weighted by atomic mass is 35.5. The molecule has 0 bridgehead atoms. The van der Waals surface area contributed by atoms with E-state index in [1.807, 2.05) is 36.4 Å². The van der Waals surface area contributed by atoms with Gasteiger partial charge in [-0.25, -0.2) is 0 Å². The standard InChI is InChI=1S/C21H22Cl2N4S/c22-17-10-9-16(12-18(17)23)14-28-21-26-25-20(19-8-4-5-11-24-19)27(21)13-15-6-2-1-3-7-15/h4-5,8-12,15H,1-3,6-7,13-14H2. The Balaban J connectivity index is 1.58. The fourth-order valence-electron chi connectivity index (χ4n) is 3.65. The molecule has 2 heterocycles. The van der Waals surface area contributed by atoms with Crippen LogP contribution in [-0.4, -0.2) is 19.7 Å². The van der Waals surface area contributed by atoms with Crippen LogP contribution in [0.3, 0.4) is 0 Å². The predicted molar refractivity (Wildman–Crippen MR) is 116 cm³/mol. The van der Waals surface area contributed by atoms with Crippen molar-refractivity contribution >= 4 is 35.0 Å². The lowest BCUT2D eigenvalue weighted by atomic mass is 9.89. The summed E-state index contributed by atoms with van der Waals surface area (Å²) in [4.78, 5) is 4.49. The first-order valence-electron chi connectivity index (χ1n) is 9.62. The van der Waals surface area contributed by atoms with Gasteiger partial charge in [0.25, 0.3) is 0 Å². The number of rotatable bonds is 6. The van der Waals surface area contributed by atoms with E-state index in [0.717, 1.165) is 34.5 Å². The second kappa shape index (κ2) is 9.29. The van der Waals surface area contributed by atoms with Gasteiger partial charge < -0.3 is 4.57 Å². The normalized spacial score (nSPS) is 15.1. The summed E-state index contributed by atoms with van der Waals surface area (Å²) in [6.45, 7) is 0.947. The quantitative estimate of drug-likeness (QED) is 0.415. The second-order valence-corrected chi connectivity index (χ2v) is 8.93. The molecule has 0 aliphatic heterocycles. The van der Waals surface area contributed by atoms with Crippen molar-refractivity contribution in [2.45, 2.75) is 49.6 Å². The van der Waals surface area contributed by atoms with Crippen LogP contribution in [0.1, 0.15) is 37.7 Å². The summed E-state index contributed by atoms with van der Waals surface area (Å²) < 4.78 is 2.25. The van der Waals surface area contributed by atoms with Crippen LogP contribution in [0.2, 0.25) is 10.0 Å². The van der Waals surface area contributed by atoms with Crippen LogP contribution >= 0.6 is 35.0 Å². The van der Waals surface area contributed by atoms with Gasteiger partial charge in [0.15, 0.2) is 11.0 Å². The smallest absolute Gasteiger partial charge is 0.191 e. The fourth-order valence-corrected chi connectivity index (χ4v) is 4.86. The third-order valence-electron chi connectivity index (χ3n) is 5.13. The third-order valence-corrected chi connectivity index (χ3v) is 6.91. The Labute approximate surface area is 179 Å². The molecule has 1 aliphatic carbocycles. The van der Waals surface area contributed by atoms with Crippen molar-refractivity contribution in [3.8, 4) is 11.5 Å². The van der Waals surface area contributed by atoms with E-state index in [1.54, 1.807) is 18.0 Å². The average Bonchev–Trinajstić information content (AvgIpc) is 3.13. The number of hydrogen-bond acceptors (Lipinski definition) is 4. The zero-order valence-electron chi connectivity index (χ0n) is 15.5. The van der Waals surface area contributed by atoms with Crippen LogP contribution in [0.4, 0.5) is 0 Å². The highest BCUT2D eigenvalue weighted by Gasteiger charge is 2.21. The largest absolute Gasteiger partial charge is 0.300 e. The van der Waals surface area contributed by atoms with Crippen LogP contribution in [-0.2, 0) is 12.3 Å². The third kappa shape index (κ3) is 4.70. The average molecular weight is 433 g/mol. The lowest BCUT2D eigenvalue weighted by molar-refractivity contribution is 0.313. The molecule has 0 unspecified atom stereocenters. The number of thioether (sulfide) groups is 1. The molecule has 3 aromatic rings. The molecule has 0 saturated heterocycles. The van der Waals surface area contributed by atoms with Gasteiger partial charge in [0.2, 0.25) is 0 Å². The van der Waals surface area contributed by atoms with E-state index in [2.05, 4.69) is 19.7 Å². The van der Waals surface area contributed by atoms with E-state index < -0.39 is 0 Å². The topological polar surface area (TPSA) is 43.6 Å². The molecule has 1 aromatic carbocycles. The Kier molecular flexibility index (Phi) is 6.55. The molecule has 28 heavy (non-hydrogen) atoms. The Bertz CT molecular complexity index is 923. The Hall–Kier alpha value is -1.56. The van der Waals surface area contributed by atoms with Gasteiger partial charge in [-0.2, -0.15) is 0 Å². The first-order chi connectivity index (χ1) is 13.7. The van der Waals surface area contributed by atoms with E-state index in [9.17, 15) is 0 Å². The maximum atomic E-state index is 6.16. The lowest BCUT2D eigenvalue weighted by Gasteiger charge is -2.23. The maximum Gasteiger partial charge on any atom is 0.191 e. The molecule has 4 rings (SSSR count). The number of nitrogens with zero attached hydrogens (tertiary/aromatic N) is 4. The van der Waals surface area contributed by atoms with E-state index >= 15 is 0 Å². The van der Waals surface area contributed by atoms with E-state index in [-0.39, 0.29) is 0 Å². The van der Waals surface area contributed by atoms with Crippen molar-refractivity contribution in [2.24, 2.45) is 5.92 Å². The molecule has 146 valence electrons. The number of hydrogen-bond donors (Lipinski definition) is 0. The van der Waals surface area contributed by atoms with E-state index in [0.29, 0.717) is 16.0 Å². The number of pyridine rings is 1. The summed E-state index contributed by atoms with van der Waals surface area (Å²) in [7, 11) is 0. The number of halogens is 2. The van der Waals surface area contributed by atoms with Gasteiger partial charge in [-0.1, -0.05) is 66.4 Å². The van der Waals surface area contributed by atoms with Gasteiger partial charge in [0.1, 0.15) is 5.69 Å². The number of aromatic nitrogens is 4. The minimum absolute atomic E-state index is 0.577. The SMILES string of the molecule is Clc1ccc(CSc2nnc(-c3ccccn3)n2CC2CCCCC2)cc1Cl. The summed E-state index contributed by atoms with van der Waals surface area (Å²) in [5.41, 5.74) is 1.98. The molecule has 0 amide bonds. The Morgan fingerprint density at radius 3 is 2.61 bits per heavy atom. The van der Waals surface area contributed by atoms with Gasteiger partial charge >= 0.3 is 0 Å². The van der Waals surface area contributed by atoms with Crippen LogP contribution in [0.15, 0.2) is 47.8 Å². The molecule has 7 heteroatoms. The summed E-state index contributed by atoms with van der Waals surface area (Å²) in [5, 5.41) is 11.1. The van der Waals surface area contributed by atoms with Crippen molar-refractivity contribution in [1.82, 2.24) is 19.7 Å². The van der Waals surface area contributed by atoms with E-state index in [4.69, 9.17) is 23.2 Å². The molecule has 0 N–H and O–H groups in total. The highest BCUT2D eigenvalue weighted by molar-refractivity contribution is 7.98. The lowest BCUT2D eigenvalue weighted by Crippen LogP contribution is -2.16. The van der Waals surface area contributed by atoms with E-state index in [1.165, 1.54) is 32.1 Å². The first kappa shape index (κ1) is 19.7. The zero-order chi connectivity index (χ0) is 19.3. The summed E-state index contributed by atoms with van der Waals surface area (Å²) >= 11 is 13.9. The van der Waals surface area contributed by atoms with Crippen LogP contribution in [0.5, 0.6) is 0 Å². The molecular weight excluding hydrogens is 411 g/mol. The minimum Gasteiger partial charge on any atom is -0.300 e. The van der Waals surface area contributed by atoms with Crippen LogP contribution < -0.4 is 0 Å². The van der Waals surface area contributed by atoms with Crippen molar-refractivity contribution in [3.05, 3.63) is 58.2 Å². The molecular formula is C21H22Cl2N4S. The second-order valence-electron chi connectivity index (χ2n) is 7.17. The Morgan fingerprint density at radius 2 is 1.86 bits per heavy atom. The summed E-state index contributed by atoms with van der Waals surface area (Å²) in [5.74, 6) is 2.29. The molecule has 1 fully saturated rings. The van der Waals surface area contributed by atoms with Gasteiger partial charge in [-0.15, -0.1) is 10.2 Å². The molecule has 4 nitrogen and oxygen atoms in total. The van der Waals surface area contributed by atoms with Crippen LogP contribution in [0.25, 0.3) is 11.5 Å².